The van der Waals surface area contributed by atoms with E-state index < -0.39 is 0 Å². The van der Waals surface area contributed by atoms with E-state index in [-0.39, 0.29) is 0 Å². The van der Waals surface area contributed by atoms with Crippen LogP contribution in [0.1, 0.15) is 17.5 Å². The molecule has 12 aromatic rings. The molecule has 0 N–H and O–H groups in total. The number of aromatic nitrogens is 4. The van der Waals surface area contributed by atoms with E-state index in [4.69, 9.17) is 19.4 Å². The molecular weight excluding hydrogens is 781 g/mol. The Hall–Kier alpha value is -8.41. The summed E-state index contributed by atoms with van der Waals surface area (Å²) in [6, 6.07) is 69.0. The Morgan fingerprint density at radius 1 is 0.422 bits per heavy atom. The molecule has 1 aliphatic carbocycles. The summed E-state index contributed by atoms with van der Waals surface area (Å²) < 4.78 is 9.14. The van der Waals surface area contributed by atoms with Gasteiger partial charge in [-0.25, -0.2) is 15.0 Å². The summed E-state index contributed by atoms with van der Waals surface area (Å²) in [5.74, 6) is 1.87. The molecule has 5 nitrogen and oxygen atoms in total. The van der Waals surface area contributed by atoms with Crippen molar-refractivity contribution in [2.45, 2.75) is 12.8 Å². The van der Waals surface area contributed by atoms with Gasteiger partial charge < -0.3 is 8.98 Å². The third kappa shape index (κ3) is 6.04. The van der Waals surface area contributed by atoms with E-state index in [1.54, 1.807) is 0 Å². The molecule has 0 unspecified atom stereocenters. The molecule has 0 radical (unpaired) electrons. The molecule has 9 aromatic carbocycles. The predicted molar refractivity (Wildman–Crippen MR) is 263 cm³/mol. The highest BCUT2D eigenvalue weighted by atomic mass is 16.3. The fraction of sp³-hybridized carbons (Fsp3) is 0.0339. The Kier molecular flexibility index (Phi) is 8.28. The van der Waals surface area contributed by atoms with Gasteiger partial charge in [0.25, 0.3) is 0 Å². The second-order valence-electron chi connectivity index (χ2n) is 16.7. The minimum absolute atomic E-state index is 0.602. The molecule has 0 amide bonds. The van der Waals surface area contributed by atoms with Gasteiger partial charge in [0, 0.05) is 50.0 Å². The fourth-order valence-electron chi connectivity index (χ4n) is 9.71. The number of hydrogen-bond donors (Lipinski definition) is 0. The van der Waals surface area contributed by atoms with Gasteiger partial charge in [0.05, 0.1) is 11.0 Å². The first-order chi connectivity index (χ1) is 31.7. The van der Waals surface area contributed by atoms with Crippen molar-refractivity contribution >= 4 is 60.6 Å². The van der Waals surface area contributed by atoms with Gasteiger partial charge in [-0.1, -0.05) is 146 Å². The van der Waals surface area contributed by atoms with Gasteiger partial charge in [0.15, 0.2) is 17.5 Å². The molecule has 64 heavy (non-hydrogen) atoms. The van der Waals surface area contributed by atoms with Crippen molar-refractivity contribution in [3.63, 3.8) is 0 Å². The van der Waals surface area contributed by atoms with E-state index in [2.05, 4.69) is 199 Å². The van der Waals surface area contributed by atoms with E-state index in [0.717, 1.165) is 73.6 Å². The first kappa shape index (κ1) is 36.3. The van der Waals surface area contributed by atoms with E-state index in [1.165, 1.54) is 49.5 Å². The van der Waals surface area contributed by atoms with Crippen molar-refractivity contribution in [2.24, 2.45) is 0 Å². The molecule has 0 spiro atoms. The van der Waals surface area contributed by atoms with E-state index in [9.17, 15) is 0 Å². The molecule has 3 aromatic heterocycles. The van der Waals surface area contributed by atoms with Crippen molar-refractivity contribution < 1.29 is 4.42 Å². The number of fused-ring (bicyclic) bond motifs is 8. The maximum absolute atomic E-state index is 6.78. The highest BCUT2D eigenvalue weighted by molar-refractivity contribution is 6.14. The lowest BCUT2D eigenvalue weighted by atomic mass is 9.95. The maximum atomic E-state index is 6.78. The van der Waals surface area contributed by atoms with Gasteiger partial charge in [-0.05, 0) is 112 Å². The molecule has 300 valence electrons. The summed E-state index contributed by atoms with van der Waals surface area (Å²) >= 11 is 0. The zero-order valence-electron chi connectivity index (χ0n) is 34.7. The summed E-state index contributed by atoms with van der Waals surface area (Å²) in [6.07, 6.45) is 6.55. The van der Waals surface area contributed by atoms with Crippen LogP contribution in [0.5, 0.6) is 0 Å². The second-order valence-corrected chi connectivity index (χ2v) is 16.7. The summed E-state index contributed by atoms with van der Waals surface area (Å²) in [5.41, 5.74) is 15.0. The topological polar surface area (TPSA) is 56.7 Å². The van der Waals surface area contributed by atoms with Crippen LogP contribution in [0.3, 0.4) is 0 Å². The van der Waals surface area contributed by atoms with E-state index >= 15 is 0 Å². The second kappa shape index (κ2) is 14.6. The van der Waals surface area contributed by atoms with Crippen molar-refractivity contribution in [3.8, 4) is 62.1 Å². The quantitative estimate of drug-likeness (QED) is 0.168. The zero-order valence-corrected chi connectivity index (χ0v) is 34.7. The molecule has 0 fully saturated rings. The van der Waals surface area contributed by atoms with Gasteiger partial charge in [0.2, 0.25) is 0 Å². The van der Waals surface area contributed by atoms with Gasteiger partial charge in [0.1, 0.15) is 11.2 Å². The minimum atomic E-state index is 0.602. The number of benzene rings is 9. The molecule has 1 aliphatic rings. The number of nitrogens with zero attached hydrogens (tertiary/aromatic N) is 4. The highest BCUT2D eigenvalue weighted by Gasteiger charge is 2.21. The van der Waals surface area contributed by atoms with Gasteiger partial charge >= 0.3 is 0 Å². The Morgan fingerprint density at radius 3 is 1.80 bits per heavy atom. The van der Waals surface area contributed by atoms with Crippen LogP contribution in [0.15, 0.2) is 205 Å². The van der Waals surface area contributed by atoms with Gasteiger partial charge in [-0.15, -0.1) is 0 Å². The van der Waals surface area contributed by atoms with Crippen LogP contribution in [0.2, 0.25) is 0 Å². The third-order valence-corrected chi connectivity index (χ3v) is 12.9. The molecule has 0 atom stereocenters. The van der Waals surface area contributed by atoms with Crippen molar-refractivity contribution in [2.75, 3.05) is 0 Å². The SMILES string of the molecule is C1=Cc2cc(-c3nc(-c4ccc5ccccc5c4)nc(-c4cccc5oc6cc(-n7c8ccc(-c9ccccc9)cc8c8cc(-c9ccccc9)ccc87)ccc6c45)n3)ccc2CC1. The molecule has 0 saturated heterocycles. The Labute approximate surface area is 369 Å². The van der Waals surface area contributed by atoms with Crippen LogP contribution in [-0.2, 0) is 6.42 Å². The molecule has 0 saturated carbocycles. The molecule has 3 heterocycles. The number of hydrogen-bond acceptors (Lipinski definition) is 4. The molecule has 0 aliphatic heterocycles. The zero-order chi connectivity index (χ0) is 42.1. The first-order valence-corrected chi connectivity index (χ1v) is 21.9. The maximum Gasteiger partial charge on any atom is 0.164 e. The Balaban J connectivity index is 0.985. The fourth-order valence-corrected chi connectivity index (χ4v) is 9.71. The van der Waals surface area contributed by atoms with Crippen LogP contribution < -0.4 is 0 Å². The standard InChI is InChI=1S/C59H38N4O/c1-3-12-37(13-4-1)43-26-30-52-50(34-43)51-35-44(38-14-5-2-6-15-38)27-31-53(51)63(52)47-28-29-48-55(36-47)64-54-21-11-20-49(56(48)54)59-61-57(45-24-22-39-16-7-9-18-41(39)32-45)60-58(62-59)46-25-23-40-17-8-10-19-42(40)33-46/h1-7,9-16,18-36H,8,17H2. The largest absolute Gasteiger partial charge is 0.456 e. The van der Waals surface area contributed by atoms with Gasteiger partial charge in [-0.2, -0.15) is 0 Å². The van der Waals surface area contributed by atoms with Crippen LogP contribution in [-0.4, -0.2) is 19.5 Å². The average molecular weight is 819 g/mol. The average Bonchev–Trinajstić information content (AvgIpc) is 3.91. The van der Waals surface area contributed by atoms with Crippen LogP contribution in [0.4, 0.5) is 0 Å². The number of rotatable bonds is 6. The lowest BCUT2D eigenvalue weighted by Crippen LogP contribution is -2.01. The molecule has 5 heteroatoms. The highest BCUT2D eigenvalue weighted by Crippen LogP contribution is 2.41. The Bertz CT molecular complexity index is 3750. The summed E-state index contributed by atoms with van der Waals surface area (Å²) in [5, 5.41) is 6.68. The summed E-state index contributed by atoms with van der Waals surface area (Å²) in [7, 11) is 0. The van der Waals surface area contributed by atoms with Crippen molar-refractivity contribution in [1.29, 1.82) is 0 Å². The normalized spacial score (nSPS) is 12.5. The number of aryl methyl sites for hydroxylation is 1. The Morgan fingerprint density at radius 2 is 1.06 bits per heavy atom. The van der Waals surface area contributed by atoms with E-state index in [0.29, 0.717) is 17.5 Å². The minimum Gasteiger partial charge on any atom is -0.456 e. The number of furan rings is 1. The monoisotopic (exact) mass is 818 g/mol. The predicted octanol–water partition coefficient (Wildman–Crippen LogP) is 15.3. The smallest absolute Gasteiger partial charge is 0.164 e. The summed E-state index contributed by atoms with van der Waals surface area (Å²) in [6.45, 7) is 0. The lowest BCUT2D eigenvalue weighted by Gasteiger charge is -2.13. The van der Waals surface area contributed by atoms with Crippen LogP contribution in [0, 0.1) is 0 Å². The van der Waals surface area contributed by atoms with Crippen molar-refractivity contribution in [1.82, 2.24) is 19.5 Å². The van der Waals surface area contributed by atoms with Gasteiger partial charge in [-0.3, -0.25) is 0 Å². The molecule has 13 rings (SSSR count). The molecule has 0 bridgehead atoms. The summed E-state index contributed by atoms with van der Waals surface area (Å²) in [4.78, 5) is 15.6. The van der Waals surface area contributed by atoms with Crippen molar-refractivity contribution in [3.05, 3.63) is 211 Å². The number of allylic oxidation sites excluding steroid dienone is 1. The lowest BCUT2D eigenvalue weighted by molar-refractivity contribution is 0.668. The molecular formula is C59H38N4O. The third-order valence-electron chi connectivity index (χ3n) is 12.9. The van der Waals surface area contributed by atoms with Crippen LogP contribution in [0.25, 0.3) is 123 Å². The van der Waals surface area contributed by atoms with Crippen LogP contribution >= 0.6 is 0 Å². The van der Waals surface area contributed by atoms with E-state index in [1.807, 2.05) is 12.1 Å². The first-order valence-electron chi connectivity index (χ1n) is 21.9.